The molecule has 1 aliphatic heterocycles. The molecule has 4 rings (SSSR count). The molecule has 1 amide bonds. The molecule has 0 radical (unpaired) electrons. The highest BCUT2D eigenvalue weighted by atomic mass is 32.2. The molecular weight excluding hydrogens is 378 g/mol. The van der Waals surface area contributed by atoms with Gasteiger partial charge in [0, 0.05) is 26.2 Å². The van der Waals surface area contributed by atoms with Gasteiger partial charge in [-0.15, -0.1) is 0 Å². The zero-order valence-electron chi connectivity index (χ0n) is 15.9. The minimum absolute atomic E-state index is 0.0767. The number of anilines is 2. The molecular formula is C20H23N3O4S. The highest BCUT2D eigenvalue weighted by Crippen LogP contribution is 2.40. The Morgan fingerprint density at radius 2 is 1.82 bits per heavy atom. The molecule has 2 N–H and O–H groups in total. The zero-order chi connectivity index (χ0) is 19.9. The maximum Gasteiger partial charge on any atom is 0.259 e. The van der Waals surface area contributed by atoms with E-state index in [1.165, 1.54) is 20.2 Å². The fourth-order valence-corrected chi connectivity index (χ4v) is 4.66. The lowest BCUT2D eigenvalue weighted by Crippen LogP contribution is -2.25. The summed E-state index contributed by atoms with van der Waals surface area (Å²) in [6.45, 7) is 0. The minimum Gasteiger partial charge on any atom is -0.454 e. The summed E-state index contributed by atoms with van der Waals surface area (Å²) in [5.74, 6) is 0.452. The molecule has 0 spiro atoms. The summed E-state index contributed by atoms with van der Waals surface area (Å²) >= 11 is 0. The van der Waals surface area contributed by atoms with Crippen LogP contribution in [-0.4, -0.2) is 38.8 Å². The largest absolute Gasteiger partial charge is 0.454 e. The summed E-state index contributed by atoms with van der Waals surface area (Å²) in [5, 5.41) is 6.15. The number of nitrogens with one attached hydrogen (secondary N) is 2. The van der Waals surface area contributed by atoms with Gasteiger partial charge in [0.1, 0.15) is 10.6 Å². The second kappa shape index (κ2) is 7.10. The Balaban J connectivity index is 1.86. The first-order valence-electron chi connectivity index (χ1n) is 9.31. The van der Waals surface area contributed by atoms with Crippen LogP contribution >= 0.6 is 0 Å². The van der Waals surface area contributed by atoms with Crippen LogP contribution in [-0.2, 0) is 10.0 Å². The number of hydrogen-bond acceptors (Lipinski definition) is 5. The molecule has 1 aliphatic carbocycles. The van der Waals surface area contributed by atoms with Crippen LogP contribution in [0.5, 0.6) is 11.5 Å². The number of ether oxygens (including phenoxy) is 1. The number of nitrogens with zero attached hydrogens (tertiary/aromatic N) is 1. The Bertz CT molecular complexity index is 1030. The summed E-state index contributed by atoms with van der Waals surface area (Å²) in [7, 11) is -0.792. The van der Waals surface area contributed by atoms with Crippen molar-refractivity contribution >= 4 is 27.3 Å². The van der Waals surface area contributed by atoms with Crippen molar-refractivity contribution in [3.8, 4) is 11.5 Å². The summed E-state index contributed by atoms with van der Waals surface area (Å²) in [4.78, 5) is 12.8. The molecule has 148 valence electrons. The molecule has 1 heterocycles. The van der Waals surface area contributed by atoms with Crippen LogP contribution in [0.25, 0.3) is 0 Å². The van der Waals surface area contributed by atoms with Crippen molar-refractivity contribution < 1.29 is 17.9 Å². The number of amides is 1. The average molecular weight is 401 g/mol. The van der Waals surface area contributed by atoms with E-state index in [4.69, 9.17) is 4.74 Å². The molecule has 0 aromatic heterocycles. The van der Waals surface area contributed by atoms with E-state index in [0.29, 0.717) is 22.9 Å². The van der Waals surface area contributed by atoms with Crippen molar-refractivity contribution in [2.75, 3.05) is 24.7 Å². The van der Waals surface area contributed by atoms with Crippen LogP contribution in [0.15, 0.2) is 41.3 Å². The van der Waals surface area contributed by atoms with Gasteiger partial charge in [-0.05, 0) is 31.0 Å². The highest BCUT2D eigenvalue weighted by Gasteiger charge is 2.29. The Morgan fingerprint density at radius 3 is 2.54 bits per heavy atom. The summed E-state index contributed by atoms with van der Waals surface area (Å²) in [6, 6.07) is 10.4. The van der Waals surface area contributed by atoms with Crippen LogP contribution < -0.4 is 15.4 Å². The summed E-state index contributed by atoms with van der Waals surface area (Å²) < 4.78 is 33.0. The monoisotopic (exact) mass is 401 g/mol. The van der Waals surface area contributed by atoms with Gasteiger partial charge in [0.2, 0.25) is 10.0 Å². The Morgan fingerprint density at radius 1 is 1.11 bits per heavy atom. The number of benzene rings is 2. The second-order valence-electron chi connectivity index (χ2n) is 7.31. The number of rotatable bonds is 4. The van der Waals surface area contributed by atoms with Crippen LogP contribution in [0.1, 0.15) is 36.0 Å². The number of sulfonamides is 1. The van der Waals surface area contributed by atoms with E-state index >= 15 is 0 Å². The third-order valence-electron chi connectivity index (χ3n) is 5.16. The van der Waals surface area contributed by atoms with Crippen molar-refractivity contribution in [1.82, 2.24) is 4.31 Å². The zero-order valence-corrected chi connectivity index (χ0v) is 16.7. The third-order valence-corrected chi connectivity index (χ3v) is 7.01. The fraction of sp³-hybridized carbons (Fsp3) is 0.350. The van der Waals surface area contributed by atoms with E-state index in [0.717, 1.165) is 30.0 Å². The van der Waals surface area contributed by atoms with Crippen LogP contribution in [0.2, 0.25) is 0 Å². The first-order valence-corrected chi connectivity index (χ1v) is 10.8. The highest BCUT2D eigenvalue weighted by molar-refractivity contribution is 7.89. The van der Waals surface area contributed by atoms with Gasteiger partial charge in [0.25, 0.3) is 5.91 Å². The minimum atomic E-state index is -3.75. The number of para-hydroxylation sites is 2. The number of fused-ring (bicyclic) bond motifs is 2. The molecule has 0 bridgehead atoms. The van der Waals surface area contributed by atoms with Gasteiger partial charge in [-0.1, -0.05) is 25.0 Å². The average Bonchev–Trinajstić information content (AvgIpc) is 3.11. The Hall–Kier alpha value is -2.58. The van der Waals surface area contributed by atoms with Gasteiger partial charge in [0.15, 0.2) is 5.75 Å². The predicted octanol–water partition coefficient (Wildman–Crippen LogP) is 3.65. The molecule has 2 aromatic rings. The third kappa shape index (κ3) is 3.33. The smallest absolute Gasteiger partial charge is 0.259 e. The molecule has 1 fully saturated rings. The van der Waals surface area contributed by atoms with Crippen LogP contribution in [0.4, 0.5) is 11.4 Å². The fourth-order valence-electron chi connectivity index (χ4n) is 3.60. The number of carbonyl (C=O) groups excluding carboxylic acids is 1. The quantitative estimate of drug-likeness (QED) is 0.817. The van der Waals surface area contributed by atoms with Gasteiger partial charge >= 0.3 is 0 Å². The van der Waals surface area contributed by atoms with Gasteiger partial charge < -0.3 is 15.4 Å². The molecule has 1 saturated carbocycles. The van der Waals surface area contributed by atoms with Gasteiger partial charge in [0.05, 0.1) is 16.9 Å². The first-order chi connectivity index (χ1) is 13.4. The van der Waals surface area contributed by atoms with Crippen molar-refractivity contribution in [3.05, 3.63) is 42.0 Å². The molecule has 28 heavy (non-hydrogen) atoms. The van der Waals surface area contributed by atoms with E-state index in [9.17, 15) is 13.2 Å². The van der Waals surface area contributed by atoms with Gasteiger partial charge in [-0.2, -0.15) is 0 Å². The molecule has 2 aliphatic rings. The number of hydrogen-bond donors (Lipinski definition) is 2. The van der Waals surface area contributed by atoms with Crippen LogP contribution in [0, 0.1) is 0 Å². The topological polar surface area (TPSA) is 87.7 Å². The molecule has 0 saturated heterocycles. The maximum atomic E-state index is 12.9. The van der Waals surface area contributed by atoms with Gasteiger partial charge in [-0.25, -0.2) is 12.7 Å². The standard InChI is InChI=1S/C20H23N3O4S/c1-23(2)28(25,26)19-11-14-18(12-16(19)21-13-7-3-4-8-13)27-17-10-6-5-9-15(17)22-20(14)24/h5-6,9-13,21H,3-4,7-8H2,1-2H3,(H,22,24). The second-order valence-corrected chi connectivity index (χ2v) is 9.43. The van der Waals surface area contributed by atoms with Gasteiger partial charge in [-0.3, -0.25) is 4.79 Å². The lowest BCUT2D eigenvalue weighted by Gasteiger charge is -2.21. The molecule has 8 heteroatoms. The van der Waals surface area contributed by atoms with E-state index in [-0.39, 0.29) is 16.5 Å². The first kappa shape index (κ1) is 18.8. The lowest BCUT2D eigenvalue weighted by atomic mass is 10.1. The summed E-state index contributed by atoms with van der Waals surface area (Å²) in [5.41, 5.74) is 1.20. The van der Waals surface area contributed by atoms with Crippen molar-refractivity contribution in [2.24, 2.45) is 0 Å². The van der Waals surface area contributed by atoms with Crippen molar-refractivity contribution in [1.29, 1.82) is 0 Å². The maximum absolute atomic E-state index is 12.9. The normalized spacial score (nSPS) is 16.8. The number of carbonyl (C=O) groups is 1. The van der Waals surface area contributed by atoms with E-state index in [2.05, 4.69) is 10.6 Å². The van der Waals surface area contributed by atoms with E-state index < -0.39 is 15.9 Å². The van der Waals surface area contributed by atoms with Crippen molar-refractivity contribution in [2.45, 2.75) is 36.6 Å². The SMILES string of the molecule is CN(C)S(=O)(=O)c1cc2c(cc1NC1CCCC1)Oc1ccccc1NC2=O. The lowest BCUT2D eigenvalue weighted by molar-refractivity contribution is 0.102. The van der Waals surface area contributed by atoms with E-state index in [1.807, 2.05) is 6.07 Å². The molecule has 0 atom stereocenters. The Labute approximate surface area is 164 Å². The van der Waals surface area contributed by atoms with Crippen LogP contribution in [0.3, 0.4) is 0 Å². The predicted molar refractivity (Wildman–Crippen MR) is 108 cm³/mol. The van der Waals surface area contributed by atoms with E-state index in [1.54, 1.807) is 24.3 Å². The molecule has 7 nitrogen and oxygen atoms in total. The summed E-state index contributed by atoms with van der Waals surface area (Å²) in [6.07, 6.45) is 4.21. The molecule has 2 aromatic carbocycles. The Kier molecular flexibility index (Phi) is 4.76. The van der Waals surface area contributed by atoms with Crippen molar-refractivity contribution in [3.63, 3.8) is 0 Å². The molecule has 0 unspecified atom stereocenters.